The number of carbonyl (C=O) groups excluding carboxylic acids is 1. The fraction of sp³-hybridized carbons (Fsp3) is 0.389. The van der Waals surface area contributed by atoms with Gasteiger partial charge in [0.2, 0.25) is 0 Å². The van der Waals surface area contributed by atoms with Crippen molar-refractivity contribution >= 4 is 17.7 Å². The lowest BCUT2D eigenvalue weighted by atomic mass is 9.87. The van der Waals surface area contributed by atoms with E-state index >= 15 is 0 Å². The van der Waals surface area contributed by atoms with Gasteiger partial charge in [-0.05, 0) is 29.5 Å². The van der Waals surface area contributed by atoms with Gasteiger partial charge in [-0.15, -0.1) is 0 Å². The Balaban J connectivity index is 1.67. The summed E-state index contributed by atoms with van der Waals surface area (Å²) in [6.07, 6.45) is 0.476. The molecule has 3 N–H and O–H groups in total. The second-order valence-corrected chi connectivity index (χ2v) is 7.26. The lowest BCUT2D eigenvalue weighted by Gasteiger charge is -2.27. The summed E-state index contributed by atoms with van der Waals surface area (Å²) < 4.78 is 0. The van der Waals surface area contributed by atoms with Gasteiger partial charge in [0.25, 0.3) is 0 Å². The number of hydrogen-bond donors (Lipinski definition) is 3. The number of carboxylic acid groups (broad SMARTS) is 1. The molecule has 0 unspecified atom stereocenters. The number of carbonyl (C=O) groups is 2. The molecule has 0 saturated heterocycles. The number of nitrogens with one attached hydrogen (secondary N) is 2. The van der Waals surface area contributed by atoms with Gasteiger partial charge in [0, 0.05) is 17.8 Å². The van der Waals surface area contributed by atoms with Gasteiger partial charge >= 0.3 is 12.0 Å². The van der Waals surface area contributed by atoms with E-state index in [4.69, 9.17) is 5.11 Å². The van der Waals surface area contributed by atoms with Crippen LogP contribution in [-0.2, 0) is 18.4 Å². The lowest BCUT2D eigenvalue weighted by molar-refractivity contribution is 0.0689. The third-order valence-electron chi connectivity index (χ3n) is 4.43. The molecule has 0 atom stereocenters. The summed E-state index contributed by atoms with van der Waals surface area (Å²) >= 11 is 0. The second-order valence-electron chi connectivity index (χ2n) is 7.26. The first kappa shape index (κ1) is 17.0. The van der Waals surface area contributed by atoms with Crippen LogP contribution in [0.3, 0.4) is 0 Å². The van der Waals surface area contributed by atoms with E-state index in [2.05, 4.69) is 36.3 Å². The molecule has 0 radical (unpaired) electrons. The van der Waals surface area contributed by atoms with Crippen molar-refractivity contribution < 1.29 is 14.7 Å². The highest BCUT2D eigenvalue weighted by atomic mass is 16.4. The number of rotatable bonds is 2. The number of aromatic amines is 1. The van der Waals surface area contributed by atoms with E-state index in [1.54, 1.807) is 4.90 Å². The Kier molecular flexibility index (Phi) is 4.24. The van der Waals surface area contributed by atoms with Crippen LogP contribution >= 0.6 is 0 Å². The summed E-state index contributed by atoms with van der Waals surface area (Å²) in [4.78, 5) is 25.2. The highest BCUT2D eigenvalue weighted by Gasteiger charge is 2.27. The molecule has 3 rings (SSSR count). The van der Waals surface area contributed by atoms with Crippen LogP contribution in [0, 0.1) is 0 Å². The number of nitrogens with zero attached hydrogens (tertiary/aromatic N) is 2. The highest BCUT2D eigenvalue weighted by molar-refractivity contribution is 5.90. The number of hydrogen-bond acceptors (Lipinski definition) is 3. The first-order chi connectivity index (χ1) is 11.8. The van der Waals surface area contributed by atoms with Gasteiger partial charge in [0.05, 0.1) is 12.2 Å². The molecule has 1 aromatic heterocycles. The Morgan fingerprint density at radius 1 is 1.24 bits per heavy atom. The molecule has 0 bridgehead atoms. The maximum atomic E-state index is 12.5. The number of benzene rings is 1. The number of aromatic carboxylic acids is 1. The van der Waals surface area contributed by atoms with Crippen LogP contribution in [0.5, 0.6) is 0 Å². The Labute approximate surface area is 146 Å². The minimum atomic E-state index is -1.05. The van der Waals surface area contributed by atoms with Crippen LogP contribution in [-0.4, -0.2) is 38.7 Å². The van der Waals surface area contributed by atoms with Crippen LogP contribution < -0.4 is 5.32 Å². The Bertz CT molecular complexity index is 803. The fourth-order valence-corrected chi connectivity index (χ4v) is 2.92. The first-order valence-corrected chi connectivity index (χ1v) is 8.21. The van der Waals surface area contributed by atoms with E-state index in [0.29, 0.717) is 30.8 Å². The number of H-pyrrole nitrogens is 1. The molecule has 7 heteroatoms. The maximum absolute atomic E-state index is 12.5. The molecule has 1 aliphatic rings. The van der Waals surface area contributed by atoms with Crippen LogP contribution in [0.25, 0.3) is 0 Å². The Hall–Kier alpha value is -2.83. The van der Waals surface area contributed by atoms with Gasteiger partial charge in [-0.1, -0.05) is 32.9 Å². The zero-order chi connectivity index (χ0) is 18.2. The predicted molar refractivity (Wildman–Crippen MR) is 93.8 cm³/mol. The number of anilines is 1. The molecule has 0 fully saturated rings. The number of aromatic nitrogens is 2. The number of fused-ring (bicyclic) bond motifs is 1. The fourth-order valence-electron chi connectivity index (χ4n) is 2.92. The first-order valence-electron chi connectivity index (χ1n) is 8.21. The molecule has 0 saturated carbocycles. The van der Waals surface area contributed by atoms with Gasteiger partial charge in [0.15, 0.2) is 5.69 Å². The van der Waals surface area contributed by atoms with Crippen LogP contribution in [0.1, 0.15) is 48.1 Å². The summed E-state index contributed by atoms with van der Waals surface area (Å²) in [6, 6.07) is 7.61. The largest absolute Gasteiger partial charge is 0.476 e. The summed E-state index contributed by atoms with van der Waals surface area (Å²) in [5, 5.41) is 18.5. The predicted octanol–water partition coefficient (Wildman–Crippen LogP) is 3.00. The zero-order valence-corrected chi connectivity index (χ0v) is 14.6. The summed E-state index contributed by atoms with van der Waals surface area (Å²) in [5.41, 5.74) is 3.42. The van der Waals surface area contributed by atoms with Gasteiger partial charge in [0.1, 0.15) is 0 Å². The zero-order valence-electron chi connectivity index (χ0n) is 14.6. The van der Waals surface area contributed by atoms with E-state index in [-0.39, 0.29) is 17.1 Å². The van der Waals surface area contributed by atoms with E-state index in [9.17, 15) is 9.59 Å². The molecule has 2 amide bonds. The summed E-state index contributed by atoms with van der Waals surface area (Å²) in [5.74, 6) is -1.05. The second kappa shape index (κ2) is 6.23. The smallest absolute Gasteiger partial charge is 0.356 e. The van der Waals surface area contributed by atoms with Crippen molar-refractivity contribution in [3.05, 3.63) is 46.8 Å². The quantitative estimate of drug-likeness (QED) is 0.781. The molecule has 132 valence electrons. The maximum Gasteiger partial charge on any atom is 0.356 e. The van der Waals surface area contributed by atoms with Crippen molar-refractivity contribution in [2.24, 2.45) is 0 Å². The van der Waals surface area contributed by atoms with Crippen molar-refractivity contribution in [2.75, 3.05) is 11.9 Å². The average Bonchev–Trinajstić information content (AvgIpc) is 2.97. The van der Waals surface area contributed by atoms with Gasteiger partial charge in [-0.25, -0.2) is 9.59 Å². The van der Waals surface area contributed by atoms with Gasteiger partial charge < -0.3 is 15.3 Å². The van der Waals surface area contributed by atoms with Crippen LogP contribution in [0.2, 0.25) is 0 Å². The van der Waals surface area contributed by atoms with E-state index < -0.39 is 5.97 Å². The van der Waals surface area contributed by atoms with Crippen molar-refractivity contribution in [1.29, 1.82) is 0 Å². The molecule has 1 aliphatic heterocycles. The highest BCUT2D eigenvalue weighted by Crippen LogP contribution is 2.24. The number of carboxylic acids is 1. The summed E-state index contributed by atoms with van der Waals surface area (Å²) in [7, 11) is 0. The third-order valence-corrected chi connectivity index (χ3v) is 4.43. The average molecular weight is 342 g/mol. The summed E-state index contributed by atoms with van der Waals surface area (Å²) in [6.45, 7) is 7.20. The molecule has 0 spiro atoms. The van der Waals surface area contributed by atoms with Gasteiger partial charge in [-0.3, -0.25) is 5.10 Å². The molecule has 2 heterocycles. The Morgan fingerprint density at radius 3 is 2.52 bits per heavy atom. The minimum Gasteiger partial charge on any atom is -0.476 e. The van der Waals surface area contributed by atoms with Crippen molar-refractivity contribution in [3.8, 4) is 0 Å². The van der Waals surface area contributed by atoms with Gasteiger partial charge in [-0.2, -0.15) is 5.10 Å². The van der Waals surface area contributed by atoms with E-state index in [1.807, 2.05) is 24.3 Å². The van der Waals surface area contributed by atoms with E-state index in [0.717, 1.165) is 5.69 Å². The molecular formula is C18H22N4O3. The molecule has 7 nitrogen and oxygen atoms in total. The topological polar surface area (TPSA) is 98.3 Å². The van der Waals surface area contributed by atoms with Crippen molar-refractivity contribution in [3.63, 3.8) is 0 Å². The number of urea groups is 1. The minimum absolute atomic E-state index is 0.0489. The standard InChI is InChI=1S/C18H22N4O3/c1-18(2,3)11-4-6-12(7-5-11)19-17(25)22-9-8-13-14(10-22)20-21-15(13)16(23)24/h4-7H,8-10H2,1-3H3,(H,19,25)(H,20,21)(H,23,24). The monoisotopic (exact) mass is 342 g/mol. The molecule has 0 aliphatic carbocycles. The van der Waals surface area contributed by atoms with Crippen LogP contribution in [0.15, 0.2) is 24.3 Å². The lowest BCUT2D eigenvalue weighted by Crippen LogP contribution is -2.39. The van der Waals surface area contributed by atoms with E-state index in [1.165, 1.54) is 5.56 Å². The number of amides is 2. The molecular weight excluding hydrogens is 320 g/mol. The van der Waals surface area contributed by atoms with Crippen molar-refractivity contribution in [1.82, 2.24) is 15.1 Å². The normalized spacial score (nSPS) is 14.1. The molecule has 2 aromatic rings. The van der Waals surface area contributed by atoms with Crippen LogP contribution in [0.4, 0.5) is 10.5 Å². The SMILES string of the molecule is CC(C)(C)c1ccc(NC(=O)N2CCc3c(C(=O)O)n[nH]c3C2)cc1. The molecule has 1 aromatic carbocycles. The third kappa shape index (κ3) is 3.50. The van der Waals surface area contributed by atoms with Crippen molar-refractivity contribution in [2.45, 2.75) is 39.2 Å². The Morgan fingerprint density at radius 2 is 1.92 bits per heavy atom. The molecule has 25 heavy (non-hydrogen) atoms.